The molecule has 0 saturated carbocycles. The number of hydrogen-bond acceptors (Lipinski definition) is 8. The summed E-state index contributed by atoms with van der Waals surface area (Å²) in [6.45, 7) is 5.57. The summed E-state index contributed by atoms with van der Waals surface area (Å²) in [5, 5.41) is 6.01. The van der Waals surface area contributed by atoms with Crippen LogP contribution in [-0.2, 0) is 4.74 Å². The fourth-order valence-corrected chi connectivity index (χ4v) is 1.91. The Balaban J connectivity index is 1.71. The molecule has 1 aliphatic heterocycles. The summed E-state index contributed by atoms with van der Waals surface area (Å²) in [5.74, 6) is 1.21. The molecular weight excluding hydrogens is 246 g/mol. The Hall–Kier alpha value is -1.67. The van der Waals surface area contributed by atoms with Crippen LogP contribution in [0.25, 0.3) is 0 Å². The summed E-state index contributed by atoms with van der Waals surface area (Å²) in [6, 6.07) is 0. The van der Waals surface area contributed by atoms with E-state index in [-0.39, 0.29) is 5.95 Å². The van der Waals surface area contributed by atoms with E-state index in [1.807, 2.05) is 0 Å². The molecule has 0 aromatic carbocycles. The van der Waals surface area contributed by atoms with E-state index in [0.29, 0.717) is 11.9 Å². The highest BCUT2D eigenvalue weighted by Gasteiger charge is 2.09. The molecule has 0 atom stereocenters. The van der Waals surface area contributed by atoms with E-state index < -0.39 is 0 Å². The van der Waals surface area contributed by atoms with Crippen molar-refractivity contribution in [3.63, 3.8) is 0 Å². The van der Waals surface area contributed by atoms with E-state index in [1.54, 1.807) is 7.05 Å². The summed E-state index contributed by atoms with van der Waals surface area (Å²) in [6.07, 6.45) is 1.03. The maximum atomic E-state index is 5.59. The van der Waals surface area contributed by atoms with Crippen LogP contribution in [0.4, 0.5) is 17.8 Å². The van der Waals surface area contributed by atoms with Gasteiger partial charge < -0.3 is 21.1 Å². The predicted octanol–water partition coefficient (Wildman–Crippen LogP) is -0.370. The molecule has 0 aliphatic carbocycles. The molecule has 0 bridgehead atoms. The van der Waals surface area contributed by atoms with Gasteiger partial charge in [-0.15, -0.1) is 0 Å². The largest absolute Gasteiger partial charge is 0.379 e. The molecular formula is C11H21N7O. The number of ether oxygens (including phenoxy) is 1. The number of morpholine rings is 1. The minimum atomic E-state index is 0.218. The quantitative estimate of drug-likeness (QED) is 0.600. The van der Waals surface area contributed by atoms with Crippen LogP contribution in [0.2, 0.25) is 0 Å². The molecule has 4 N–H and O–H groups in total. The zero-order valence-electron chi connectivity index (χ0n) is 11.2. The van der Waals surface area contributed by atoms with Crippen LogP contribution in [0.5, 0.6) is 0 Å². The maximum absolute atomic E-state index is 5.59. The van der Waals surface area contributed by atoms with Crippen LogP contribution in [0, 0.1) is 0 Å². The molecule has 1 aromatic heterocycles. The summed E-state index contributed by atoms with van der Waals surface area (Å²) >= 11 is 0. The Bertz CT molecular complexity index is 395. The average molecular weight is 267 g/mol. The molecule has 1 aliphatic rings. The molecule has 0 spiro atoms. The highest BCUT2D eigenvalue weighted by molar-refractivity contribution is 5.39. The lowest BCUT2D eigenvalue weighted by Gasteiger charge is -2.26. The van der Waals surface area contributed by atoms with Crippen LogP contribution in [-0.4, -0.2) is 66.3 Å². The number of rotatable bonds is 6. The number of anilines is 3. The van der Waals surface area contributed by atoms with Crippen molar-refractivity contribution in [3.05, 3.63) is 0 Å². The first-order valence-corrected chi connectivity index (χ1v) is 6.51. The van der Waals surface area contributed by atoms with Crippen LogP contribution < -0.4 is 16.4 Å². The summed E-state index contributed by atoms with van der Waals surface area (Å²) in [7, 11) is 1.75. The average Bonchev–Trinajstić information content (AvgIpc) is 2.44. The van der Waals surface area contributed by atoms with E-state index in [0.717, 1.165) is 45.8 Å². The minimum absolute atomic E-state index is 0.218. The number of aromatic nitrogens is 3. The highest BCUT2D eigenvalue weighted by atomic mass is 16.5. The van der Waals surface area contributed by atoms with Gasteiger partial charge in [0.2, 0.25) is 17.8 Å². The van der Waals surface area contributed by atoms with Crippen molar-refractivity contribution in [2.45, 2.75) is 6.42 Å². The Morgan fingerprint density at radius 1 is 1.21 bits per heavy atom. The second kappa shape index (κ2) is 7.05. The Labute approximate surface area is 112 Å². The van der Waals surface area contributed by atoms with Gasteiger partial charge in [-0.2, -0.15) is 15.0 Å². The van der Waals surface area contributed by atoms with Crippen molar-refractivity contribution >= 4 is 17.8 Å². The first-order chi connectivity index (χ1) is 9.28. The molecule has 1 fully saturated rings. The second-order valence-electron chi connectivity index (χ2n) is 4.33. The van der Waals surface area contributed by atoms with Crippen LogP contribution in [0.15, 0.2) is 0 Å². The van der Waals surface area contributed by atoms with Gasteiger partial charge in [-0.1, -0.05) is 0 Å². The predicted molar refractivity (Wildman–Crippen MR) is 74.2 cm³/mol. The lowest BCUT2D eigenvalue weighted by molar-refractivity contribution is 0.0378. The molecule has 8 heteroatoms. The van der Waals surface area contributed by atoms with Gasteiger partial charge in [0.15, 0.2) is 0 Å². The Kier molecular flexibility index (Phi) is 5.10. The van der Waals surface area contributed by atoms with Crippen molar-refractivity contribution in [1.82, 2.24) is 19.9 Å². The third kappa shape index (κ3) is 4.49. The monoisotopic (exact) mass is 267 g/mol. The normalized spacial score (nSPS) is 16.3. The third-order valence-corrected chi connectivity index (χ3v) is 2.91. The van der Waals surface area contributed by atoms with Gasteiger partial charge in [-0.05, 0) is 13.0 Å². The fourth-order valence-electron chi connectivity index (χ4n) is 1.91. The van der Waals surface area contributed by atoms with Gasteiger partial charge in [0.05, 0.1) is 13.2 Å². The van der Waals surface area contributed by atoms with Gasteiger partial charge in [0, 0.05) is 26.7 Å². The zero-order chi connectivity index (χ0) is 13.5. The van der Waals surface area contributed by atoms with Crippen LogP contribution in [0.1, 0.15) is 6.42 Å². The number of nitrogens with two attached hydrogens (primary N) is 1. The number of nitrogen functional groups attached to an aromatic ring is 1. The van der Waals surface area contributed by atoms with E-state index in [4.69, 9.17) is 10.5 Å². The molecule has 0 unspecified atom stereocenters. The molecule has 1 aromatic rings. The van der Waals surface area contributed by atoms with Crippen LogP contribution >= 0.6 is 0 Å². The van der Waals surface area contributed by atoms with E-state index in [1.165, 1.54) is 0 Å². The van der Waals surface area contributed by atoms with Gasteiger partial charge >= 0.3 is 0 Å². The second-order valence-corrected chi connectivity index (χ2v) is 4.33. The van der Waals surface area contributed by atoms with Crippen molar-refractivity contribution in [1.29, 1.82) is 0 Å². The smallest absolute Gasteiger partial charge is 0.229 e. The van der Waals surface area contributed by atoms with Crippen LogP contribution in [0.3, 0.4) is 0 Å². The van der Waals surface area contributed by atoms with Gasteiger partial charge in [0.1, 0.15) is 0 Å². The third-order valence-electron chi connectivity index (χ3n) is 2.91. The van der Waals surface area contributed by atoms with E-state index in [2.05, 4.69) is 30.5 Å². The topological polar surface area (TPSA) is 101 Å². The molecule has 0 radical (unpaired) electrons. The molecule has 2 heterocycles. The number of hydrogen-bond donors (Lipinski definition) is 3. The molecule has 106 valence electrons. The Morgan fingerprint density at radius 3 is 2.68 bits per heavy atom. The van der Waals surface area contributed by atoms with Crippen molar-refractivity contribution in [3.8, 4) is 0 Å². The molecule has 8 nitrogen and oxygen atoms in total. The lowest BCUT2D eigenvalue weighted by atomic mass is 10.3. The van der Waals surface area contributed by atoms with Gasteiger partial charge in [-0.3, -0.25) is 4.90 Å². The summed E-state index contributed by atoms with van der Waals surface area (Å²) in [5.41, 5.74) is 5.59. The van der Waals surface area contributed by atoms with Gasteiger partial charge in [-0.25, -0.2) is 0 Å². The molecule has 19 heavy (non-hydrogen) atoms. The van der Waals surface area contributed by atoms with Gasteiger partial charge in [0.25, 0.3) is 0 Å². The fraction of sp³-hybridized carbons (Fsp3) is 0.727. The standard InChI is InChI=1S/C11H21N7O/c1-13-10-15-9(12)16-11(17-10)14-3-2-4-18-5-7-19-8-6-18/h2-8H2,1H3,(H4,12,13,14,15,16,17). The zero-order valence-corrected chi connectivity index (χ0v) is 11.2. The number of nitrogens with one attached hydrogen (secondary N) is 2. The first-order valence-electron chi connectivity index (χ1n) is 6.51. The number of nitrogens with zero attached hydrogens (tertiary/aromatic N) is 4. The minimum Gasteiger partial charge on any atom is -0.379 e. The first kappa shape index (κ1) is 13.8. The van der Waals surface area contributed by atoms with Crippen molar-refractivity contribution < 1.29 is 4.74 Å². The van der Waals surface area contributed by atoms with E-state index in [9.17, 15) is 0 Å². The molecule has 1 saturated heterocycles. The lowest BCUT2D eigenvalue weighted by Crippen LogP contribution is -2.37. The maximum Gasteiger partial charge on any atom is 0.229 e. The Morgan fingerprint density at radius 2 is 1.95 bits per heavy atom. The SMILES string of the molecule is CNc1nc(N)nc(NCCCN2CCOCC2)n1. The summed E-state index contributed by atoms with van der Waals surface area (Å²) < 4.78 is 5.31. The highest BCUT2D eigenvalue weighted by Crippen LogP contribution is 2.06. The summed E-state index contributed by atoms with van der Waals surface area (Å²) in [4.78, 5) is 14.5. The van der Waals surface area contributed by atoms with Crippen molar-refractivity contribution in [2.24, 2.45) is 0 Å². The molecule has 0 amide bonds. The van der Waals surface area contributed by atoms with Crippen molar-refractivity contribution in [2.75, 3.05) is 62.8 Å². The molecule has 2 rings (SSSR count). The van der Waals surface area contributed by atoms with E-state index >= 15 is 0 Å².